The smallest absolute Gasteiger partial charge is 0.264 e. The summed E-state index contributed by atoms with van der Waals surface area (Å²) >= 11 is 0. The van der Waals surface area contributed by atoms with Crippen LogP contribution in [0.5, 0.6) is 0 Å². The molecule has 4 nitrogen and oxygen atoms in total. The average Bonchev–Trinajstić information content (AvgIpc) is 2.02. The summed E-state index contributed by atoms with van der Waals surface area (Å²) in [5, 5.41) is 0. The molecule has 0 unspecified atom stereocenters. The zero-order valence-corrected chi connectivity index (χ0v) is 9.22. The second-order valence-electron chi connectivity index (χ2n) is 4.31. The molecule has 0 aliphatic heterocycles. The lowest BCUT2D eigenvalue weighted by Crippen LogP contribution is -2.41. The van der Waals surface area contributed by atoms with Gasteiger partial charge in [0.2, 0.25) is 0 Å². The third kappa shape index (κ3) is 4.39. The SMILES string of the molecule is NC1(CCCS(=O)(=O)O)CCCCC1. The van der Waals surface area contributed by atoms with E-state index >= 15 is 0 Å². The van der Waals surface area contributed by atoms with E-state index in [2.05, 4.69) is 0 Å². The first-order chi connectivity index (χ1) is 6.41. The molecule has 14 heavy (non-hydrogen) atoms. The Morgan fingerprint density at radius 1 is 1.21 bits per heavy atom. The van der Waals surface area contributed by atoms with Gasteiger partial charge in [-0.15, -0.1) is 0 Å². The predicted molar refractivity (Wildman–Crippen MR) is 55.7 cm³/mol. The van der Waals surface area contributed by atoms with Gasteiger partial charge in [-0.25, -0.2) is 0 Å². The van der Waals surface area contributed by atoms with E-state index in [0.717, 1.165) is 25.7 Å². The Balaban J connectivity index is 2.29. The Bertz CT molecular complexity index is 268. The fourth-order valence-corrected chi connectivity index (χ4v) is 2.62. The molecule has 0 aromatic rings. The molecule has 1 aliphatic carbocycles. The largest absolute Gasteiger partial charge is 0.325 e. The van der Waals surface area contributed by atoms with Crippen molar-refractivity contribution in [2.24, 2.45) is 5.73 Å². The van der Waals surface area contributed by atoms with Crippen molar-refractivity contribution in [2.45, 2.75) is 50.5 Å². The molecule has 1 aliphatic rings. The summed E-state index contributed by atoms with van der Waals surface area (Å²) in [5.41, 5.74) is 5.93. The molecule has 1 rings (SSSR count). The van der Waals surface area contributed by atoms with Gasteiger partial charge in [0, 0.05) is 5.54 Å². The van der Waals surface area contributed by atoms with E-state index < -0.39 is 10.1 Å². The number of hydrogen-bond donors (Lipinski definition) is 2. The highest BCUT2D eigenvalue weighted by atomic mass is 32.2. The lowest BCUT2D eigenvalue weighted by Gasteiger charge is -2.33. The molecule has 0 radical (unpaired) electrons. The molecule has 5 heteroatoms. The lowest BCUT2D eigenvalue weighted by atomic mass is 9.80. The topological polar surface area (TPSA) is 80.4 Å². The third-order valence-electron chi connectivity index (χ3n) is 2.93. The van der Waals surface area contributed by atoms with Crippen LogP contribution in [0.3, 0.4) is 0 Å². The van der Waals surface area contributed by atoms with Crippen LogP contribution in [-0.2, 0) is 10.1 Å². The first-order valence-corrected chi connectivity index (χ1v) is 6.76. The lowest BCUT2D eigenvalue weighted by molar-refractivity contribution is 0.275. The highest BCUT2D eigenvalue weighted by molar-refractivity contribution is 7.85. The molecule has 84 valence electrons. The van der Waals surface area contributed by atoms with Crippen LogP contribution in [0.1, 0.15) is 44.9 Å². The van der Waals surface area contributed by atoms with Crippen molar-refractivity contribution in [1.82, 2.24) is 0 Å². The zero-order valence-electron chi connectivity index (χ0n) is 8.41. The van der Waals surface area contributed by atoms with Crippen molar-refractivity contribution < 1.29 is 13.0 Å². The van der Waals surface area contributed by atoms with E-state index in [1.807, 2.05) is 0 Å². The van der Waals surface area contributed by atoms with Crippen LogP contribution in [0.4, 0.5) is 0 Å². The van der Waals surface area contributed by atoms with E-state index in [1.165, 1.54) is 6.42 Å². The van der Waals surface area contributed by atoms with Gasteiger partial charge in [0.15, 0.2) is 0 Å². The van der Waals surface area contributed by atoms with Crippen molar-refractivity contribution in [3.05, 3.63) is 0 Å². The Labute approximate surface area is 85.6 Å². The molecular formula is C9H19NO3S. The molecule has 0 amide bonds. The molecule has 0 aromatic carbocycles. The molecule has 1 saturated carbocycles. The summed E-state index contributed by atoms with van der Waals surface area (Å²) in [6.45, 7) is 0. The van der Waals surface area contributed by atoms with Gasteiger partial charge >= 0.3 is 0 Å². The molecule has 0 saturated heterocycles. The molecule has 0 atom stereocenters. The van der Waals surface area contributed by atoms with Gasteiger partial charge in [-0.3, -0.25) is 4.55 Å². The first-order valence-electron chi connectivity index (χ1n) is 5.15. The van der Waals surface area contributed by atoms with E-state index in [0.29, 0.717) is 12.8 Å². The van der Waals surface area contributed by atoms with Crippen molar-refractivity contribution >= 4 is 10.1 Å². The van der Waals surface area contributed by atoms with Crippen LogP contribution in [-0.4, -0.2) is 24.3 Å². The summed E-state index contributed by atoms with van der Waals surface area (Å²) < 4.78 is 29.5. The third-order valence-corrected chi connectivity index (χ3v) is 3.73. The van der Waals surface area contributed by atoms with Crippen LogP contribution < -0.4 is 5.73 Å². The molecular weight excluding hydrogens is 202 g/mol. The number of nitrogens with two attached hydrogens (primary N) is 1. The average molecular weight is 221 g/mol. The highest BCUT2D eigenvalue weighted by Gasteiger charge is 2.27. The number of hydrogen-bond acceptors (Lipinski definition) is 3. The summed E-state index contributed by atoms with van der Waals surface area (Å²) in [4.78, 5) is 0. The van der Waals surface area contributed by atoms with E-state index in [4.69, 9.17) is 10.3 Å². The van der Waals surface area contributed by atoms with Gasteiger partial charge in [0.05, 0.1) is 5.75 Å². The summed E-state index contributed by atoms with van der Waals surface area (Å²) in [6.07, 6.45) is 6.65. The minimum Gasteiger partial charge on any atom is -0.325 e. The van der Waals surface area contributed by atoms with Crippen molar-refractivity contribution in [1.29, 1.82) is 0 Å². The second-order valence-corrected chi connectivity index (χ2v) is 5.88. The van der Waals surface area contributed by atoms with E-state index in [9.17, 15) is 8.42 Å². The minimum absolute atomic E-state index is 0.161. The summed E-state index contributed by atoms with van der Waals surface area (Å²) in [7, 11) is -3.81. The molecule has 0 spiro atoms. The van der Waals surface area contributed by atoms with Crippen LogP contribution in [0.15, 0.2) is 0 Å². The maximum atomic E-state index is 10.5. The molecule has 0 aromatic heterocycles. The molecule has 0 heterocycles. The summed E-state index contributed by atoms with van der Waals surface area (Å²) in [5.74, 6) is -0.161. The van der Waals surface area contributed by atoms with Crippen LogP contribution in [0.2, 0.25) is 0 Å². The van der Waals surface area contributed by atoms with Gasteiger partial charge in [0.1, 0.15) is 0 Å². The Morgan fingerprint density at radius 3 is 2.29 bits per heavy atom. The fourth-order valence-electron chi connectivity index (χ4n) is 2.11. The van der Waals surface area contributed by atoms with Crippen LogP contribution >= 0.6 is 0 Å². The molecule has 0 bridgehead atoms. The molecule has 3 N–H and O–H groups in total. The highest BCUT2D eigenvalue weighted by Crippen LogP contribution is 2.29. The van der Waals surface area contributed by atoms with Crippen LogP contribution in [0.25, 0.3) is 0 Å². The molecule has 1 fully saturated rings. The van der Waals surface area contributed by atoms with Crippen molar-refractivity contribution in [3.63, 3.8) is 0 Å². The summed E-state index contributed by atoms with van der Waals surface area (Å²) in [6, 6.07) is 0. The van der Waals surface area contributed by atoms with Gasteiger partial charge in [0.25, 0.3) is 10.1 Å². The maximum absolute atomic E-state index is 10.5. The van der Waals surface area contributed by atoms with Gasteiger partial charge in [-0.1, -0.05) is 19.3 Å². The maximum Gasteiger partial charge on any atom is 0.264 e. The van der Waals surface area contributed by atoms with E-state index in [1.54, 1.807) is 0 Å². The monoisotopic (exact) mass is 221 g/mol. The predicted octanol–water partition coefficient (Wildman–Crippen LogP) is 1.32. The zero-order chi connectivity index (χ0) is 10.7. The second kappa shape index (κ2) is 4.59. The Kier molecular flexibility index (Phi) is 3.92. The fraction of sp³-hybridized carbons (Fsp3) is 1.00. The van der Waals surface area contributed by atoms with Crippen molar-refractivity contribution in [3.8, 4) is 0 Å². The quantitative estimate of drug-likeness (QED) is 0.701. The van der Waals surface area contributed by atoms with Gasteiger partial charge in [-0.2, -0.15) is 8.42 Å². The minimum atomic E-state index is -3.81. The van der Waals surface area contributed by atoms with Crippen molar-refractivity contribution in [2.75, 3.05) is 5.75 Å². The standard InChI is InChI=1S/C9H19NO3S/c10-9(5-2-1-3-6-9)7-4-8-14(11,12)13/h1-8,10H2,(H,11,12,13). The van der Waals surface area contributed by atoms with Gasteiger partial charge in [-0.05, 0) is 25.7 Å². The Morgan fingerprint density at radius 2 is 1.79 bits per heavy atom. The Hall–Kier alpha value is -0.130. The first kappa shape index (κ1) is 11.9. The normalized spacial score (nSPS) is 22.1. The van der Waals surface area contributed by atoms with Gasteiger partial charge < -0.3 is 5.73 Å². The van der Waals surface area contributed by atoms with Crippen LogP contribution in [0, 0.1) is 0 Å². The number of rotatable bonds is 4. The van der Waals surface area contributed by atoms with E-state index in [-0.39, 0.29) is 11.3 Å².